The lowest BCUT2D eigenvalue weighted by atomic mass is 9.77. The summed E-state index contributed by atoms with van der Waals surface area (Å²) in [6, 6.07) is 7.75. The molecule has 0 spiro atoms. The molecule has 0 unspecified atom stereocenters. The number of amides is 1. The van der Waals surface area contributed by atoms with Crippen molar-refractivity contribution in [1.82, 2.24) is 0 Å². The summed E-state index contributed by atoms with van der Waals surface area (Å²) in [4.78, 5) is 11.8. The first-order valence-corrected chi connectivity index (χ1v) is 5.27. The van der Waals surface area contributed by atoms with Crippen LogP contribution in [0.15, 0.2) is 24.3 Å². The molecule has 0 heterocycles. The summed E-state index contributed by atoms with van der Waals surface area (Å²) < 4.78 is 0. The van der Waals surface area contributed by atoms with E-state index in [0.717, 1.165) is 30.5 Å². The first-order valence-electron chi connectivity index (χ1n) is 5.27. The highest BCUT2D eigenvalue weighted by Crippen LogP contribution is 2.30. The SMILES string of the molecule is Cc1cccc(NC(=O)C2(N)CCC2)c1. The highest BCUT2D eigenvalue weighted by molar-refractivity contribution is 5.98. The van der Waals surface area contributed by atoms with Crippen LogP contribution >= 0.6 is 0 Å². The Bertz CT molecular complexity index is 383. The molecule has 1 aliphatic rings. The molecule has 0 saturated heterocycles. The third kappa shape index (κ3) is 2.02. The van der Waals surface area contributed by atoms with E-state index in [1.54, 1.807) is 0 Å². The van der Waals surface area contributed by atoms with E-state index in [1.165, 1.54) is 0 Å². The molecule has 1 fully saturated rings. The summed E-state index contributed by atoms with van der Waals surface area (Å²) in [5.74, 6) is -0.0562. The first kappa shape index (κ1) is 10.2. The van der Waals surface area contributed by atoms with E-state index >= 15 is 0 Å². The van der Waals surface area contributed by atoms with Crippen molar-refractivity contribution in [2.75, 3.05) is 5.32 Å². The van der Waals surface area contributed by atoms with Crippen molar-refractivity contribution in [3.63, 3.8) is 0 Å². The van der Waals surface area contributed by atoms with Crippen LogP contribution in [0.3, 0.4) is 0 Å². The predicted molar refractivity (Wildman–Crippen MR) is 60.6 cm³/mol. The Morgan fingerprint density at radius 1 is 1.47 bits per heavy atom. The number of anilines is 1. The van der Waals surface area contributed by atoms with E-state index in [9.17, 15) is 4.79 Å². The lowest BCUT2D eigenvalue weighted by molar-refractivity contribution is -0.123. The molecule has 0 bridgehead atoms. The standard InChI is InChI=1S/C12H16N2O/c1-9-4-2-5-10(8-9)14-11(15)12(13)6-3-7-12/h2,4-5,8H,3,6-7,13H2,1H3,(H,14,15). The smallest absolute Gasteiger partial charge is 0.244 e. The number of carbonyl (C=O) groups excluding carboxylic acids is 1. The van der Waals surface area contributed by atoms with Crippen molar-refractivity contribution in [2.24, 2.45) is 5.73 Å². The first-order chi connectivity index (χ1) is 7.10. The van der Waals surface area contributed by atoms with Crippen LogP contribution < -0.4 is 11.1 Å². The minimum Gasteiger partial charge on any atom is -0.324 e. The minimum absolute atomic E-state index is 0.0562. The Morgan fingerprint density at radius 2 is 2.20 bits per heavy atom. The number of hydrogen-bond donors (Lipinski definition) is 2. The fraction of sp³-hybridized carbons (Fsp3) is 0.417. The number of aryl methyl sites for hydroxylation is 1. The topological polar surface area (TPSA) is 55.1 Å². The number of nitrogens with two attached hydrogens (primary N) is 1. The van der Waals surface area contributed by atoms with Crippen molar-refractivity contribution in [1.29, 1.82) is 0 Å². The summed E-state index contributed by atoms with van der Waals surface area (Å²) in [7, 11) is 0. The van der Waals surface area contributed by atoms with Crippen molar-refractivity contribution < 1.29 is 4.79 Å². The van der Waals surface area contributed by atoms with E-state index < -0.39 is 5.54 Å². The Morgan fingerprint density at radius 3 is 2.73 bits per heavy atom. The largest absolute Gasteiger partial charge is 0.324 e. The van der Waals surface area contributed by atoms with Crippen molar-refractivity contribution >= 4 is 11.6 Å². The van der Waals surface area contributed by atoms with Gasteiger partial charge in [-0.2, -0.15) is 0 Å². The summed E-state index contributed by atoms with van der Waals surface area (Å²) in [6.45, 7) is 2.00. The van der Waals surface area contributed by atoms with Crippen LogP contribution in [0.1, 0.15) is 24.8 Å². The van der Waals surface area contributed by atoms with Crippen LogP contribution in [0.5, 0.6) is 0 Å². The third-order valence-corrected chi connectivity index (χ3v) is 2.97. The minimum atomic E-state index is -0.621. The average Bonchev–Trinajstić information content (AvgIpc) is 2.14. The van der Waals surface area contributed by atoms with Gasteiger partial charge < -0.3 is 11.1 Å². The van der Waals surface area contributed by atoms with Crippen LogP contribution in [0.2, 0.25) is 0 Å². The summed E-state index contributed by atoms with van der Waals surface area (Å²) in [5.41, 5.74) is 7.26. The normalized spacial score (nSPS) is 18.0. The molecule has 1 aliphatic carbocycles. The van der Waals surface area contributed by atoms with Crippen molar-refractivity contribution in [2.45, 2.75) is 31.7 Å². The van der Waals surface area contributed by atoms with E-state index in [2.05, 4.69) is 5.32 Å². The van der Waals surface area contributed by atoms with Crippen LogP contribution in [0.25, 0.3) is 0 Å². The van der Waals surface area contributed by atoms with Gasteiger partial charge in [-0.15, -0.1) is 0 Å². The van der Waals surface area contributed by atoms with Crippen molar-refractivity contribution in [3.8, 4) is 0 Å². The molecule has 0 radical (unpaired) electrons. The molecule has 0 aromatic heterocycles. The highest BCUT2D eigenvalue weighted by Gasteiger charge is 2.39. The quantitative estimate of drug-likeness (QED) is 0.772. The highest BCUT2D eigenvalue weighted by atomic mass is 16.2. The maximum atomic E-state index is 11.8. The van der Waals surface area contributed by atoms with E-state index in [4.69, 9.17) is 5.73 Å². The molecule has 2 rings (SSSR count). The predicted octanol–water partition coefficient (Wildman–Crippen LogP) is 1.81. The van der Waals surface area contributed by atoms with Gasteiger partial charge in [-0.1, -0.05) is 12.1 Å². The Hall–Kier alpha value is -1.35. The van der Waals surface area contributed by atoms with Gasteiger partial charge in [-0.25, -0.2) is 0 Å². The summed E-state index contributed by atoms with van der Waals surface area (Å²) >= 11 is 0. The maximum Gasteiger partial charge on any atom is 0.244 e. The second kappa shape index (κ2) is 3.66. The zero-order valence-electron chi connectivity index (χ0n) is 8.92. The van der Waals surface area contributed by atoms with Crippen LogP contribution in [0.4, 0.5) is 5.69 Å². The van der Waals surface area contributed by atoms with Crippen LogP contribution in [-0.2, 0) is 4.79 Å². The van der Waals surface area contributed by atoms with Crippen LogP contribution in [-0.4, -0.2) is 11.4 Å². The molecule has 1 saturated carbocycles. The molecule has 3 N–H and O–H groups in total. The lowest BCUT2D eigenvalue weighted by Gasteiger charge is -2.36. The molecule has 1 amide bonds. The molecule has 3 heteroatoms. The van der Waals surface area contributed by atoms with Gasteiger partial charge in [-0.05, 0) is 43.9 Å². The number of benzene rings is 1. The van der Waals surface area contributed by atoms with E-state index in [1.807, 2.05) is 31.2 Å². The molecule has 80 valence electrons. The molecular formula is C12H16N2O. The number of hydrogen-bond acceptors (Lipinski definition) is 2. The molecule has 0 aliphatic heterocycles. The molecule has 15 heavy (non-hydrogen) atoms. The van der Waals surface area contributed by atoms with Gasteiger partial charge in [0.25, 0.3) is 0 Å². The number of carbonyl (C=O) groups is 1. The molecule has 3 nitrogen and oxygen atoms in total. The maximum absolute atomic E-state index is 11.8. The van der Waals surface area contributed by atoms with Crippen molar-refractivity contribution in [3.05, 3.63) is 29.8 Å². The van der Waals surface area contributed by atoms with Gasteiger partial charge >= 0.3 is 0 Å². The number of rotatable bonds is 2. The molecule has 1 aromatic carbocycles. The van der Waals surface area contributed by atoms with Gasteiger partial charge in [0.1, 0.15) is 0 Å². The zero-order valence-corrected chi connectivity index (χ0v) is 8.92. The molecule has 0 atom stereocenters. The summed E-state index contributed by atoms with van der Waals surface area (Å²) in [6.07, 6.45) is 2.65. The Labute approximate surface area is 89.7 Å². The van der Waals surface area contributed by atoms with Gasteiger partial charge in [0.05, 0.1) is 5.54 Å². The van der Waals surface area contributed by atoms with Gasteiger partial charge in [-0.3, -0.25) is 4.79 Å². The fourth-order valence-electron chi connectivity index (χ4n) is 1.76. The van der Waals surface area contributed by atoms with E-state index in [-0.39, 0.29) is 5.91 Å². The summed E-state index contributed by atoms with van der Waals surface area (Å²) in [5, 5.41) is 2.86. The molecular weight excluding hydrogens is 188 g/mol. The Kier molecular flexibility index (Phi) is 2.49. The number of nitrogens with one attached hydrogen (secondary N) is 1. The Balaban J connectivity index is 2.06. The van der Waals surface area contributed by atoms with Gasteiger partial charge in [0.2, 0.25) is 5.91 Å². The van der Waals surface area contributed by atoms with Gasteiger partial charge in [0, 0.05) is 5.69 Å². The lowest BCUT2D eigenvalue weighted by Crippen LogP contribution is -2.56. The third-order valence-electron chi connectivity index (χ3n) is 2.97. The average molecular weight is 204 g/mol. The second-order valence-electron chi connectivity index (χ2n) is 4.33. The molecule has 1 aromatic rings. The fourth-order valence-corrected chi connectivity index (χ4v) is 1.76. The second-order valence-corrected chi connectivity index (χ2v) is 4.33. The zero-order chi connectivity index (χ0) is 10.9. The monoisotopic (exact) mass is 204 g/mol. The van der Waals surface area contributed by atoms with Gasteiger partial charge in [0.15, 0.2) is 0 Å². The van der Waals surface area contributed by atoms with Crippen LogP contribution in [0, 0.1) is 6.92 Å². The van der Waals surface area contributed by atoms with E-state index in [0.29, 0.717) is 0 Å².